The first-order chi connectivity index (χ1) is 11.6. The van der Waals surface area contributed by atoms with Crippen LogP contribution in [0.15, 0.2) is 36.4 Å². The first kappa shape index (κ1) is 14.9. The molecule has 2 aliphatic rings. The van der Waals surface area contributed by atoms with E-state index in [1.807, 2.05) is 43.3 Å². The summed E-state index contributed by atoms with van der Waals surface area (Å²) in [5.74, 6) is 1.10. The number of hydrogen-bond acceptors (Lipinski definition) is 4. The van der Waals surface area contributed by atoms with Gasteiger partial charge in [0.1, 0.15) is 35.9 Å². The van der Waals surface area contributed by atoms with Crippen molar-refractivity contribution in [1.29, 1.82) is 0 Å². The summed E-state index contributed by atoms with van der Waals surface area (Å²) >= 11 is 0. The number of carboxylic acids is 1. The average molecular weight is 326 g/mol. The Morgan fingerprint density at radius 2 is 2.00 bits per heavy atom. The molecule has 124 valence electrons. The topological polar surface area (TPSA) is 65.0 Å². The van der Waals surface area contributed by atoms with E-state index >= 15 is 0 Å². The third-order valence-electron chi connectivity index (χ3n) is 4.79. The second kappa shape index (κ2) is 5.44. The van der Waals surface area contributed by atoms with Crippen molar-refractivity contribution in [2.75, 3.05) is 7.11 Å². The van der Waals surface area contributed by atoms with E-state index in [9.17, 15) is 4.79 Å². The lowest BCUT2D eigenvalue weighted by Crippen LogP contribution is -2.08. The number of rotatable bonds is 5. The van der Waals surface area contributed by atoms with E-state index in [1.165, 1.54) is 0 Å². The molecule has 1 aliphatic heterocycles. The molecule has 0 spiro atoms. The van der Waals surface area contributed by atoms with Gasteiger partial charge in [-0.3, -0.25) is 4.79 Å². The predicted octanol–water partition coefficient (Wildman–Crippen LogP) is 3.14. The average Bonchev–Trinajstić information content (AvgIpc) is 3.17. The molecule has 0 aromatic heterocycles. The highest BCUT2D eigenvalue weighted by molar-refractivity contribution is 5.79. The Labute approximate surface area is 139 Å². The smallest absolute Gasteiger partial charge is 0.311 e. The lowest BCUT2D eigenvalue weighted by atomic mass is 10.1. The van der Waals surface area contributed by atoms with Crippen molar-refractivity contribution in [3.63, 3.8) is 0 Å². The van der Waals surface area contributed by atoms with E-state index in [4.69, 9.17) is 19.3 Å². The van der Waals surface area contributed by atoms with Crippen LogP contribution in [0.25, 0.3) is 0 Å². The number of carbonyl (C=O) groups is 1. The number of aliphatic carboxylic acids is 1. The van der Waals surface area contributed by atoms with E-state index in [2.05, 4.69) is 0 Å². The van der Waals surface area contributed by atoms with Gasteiger partial charge in [-0.15, -0.1) is 0 Å². The maximum atomic E-state index is 11.1. The molecule has 0 saturated heterocycles. The first-order valence-electron chi connectivity index (χ1n) is 7.88. The highest BCUT2D eigenvalue weighted by Gasteiger charge is 2.63. The minimum absolute atomic E-state index is 0.00428. The Bertz CT molecular complexity index is 813. The van der Waals surface area contributed by atoms with Crippen LogP contribution in [-0.4, -0.2) is 24.3 Å². The number of hydrogen-bond donors (Lipinski definition) is 1. The molecule has 2 aromatic rings. The quantitative estimate of drug-likeness (QED) is 0.914. The summed E-state index contributed by atoms with van der Waals surface area (Å²) in [5.41, 5.74) is 3.17. The van der Waals surface area contributed by atoms with Crippen molar-refractivity contribution in [3.8, 4) is 17.2 Å². The van der Waals surface area contributed by atoms with Crippen LogP contribution in [0.5, 0.6) is 17.2 Å². The minimum Gasteiger partial charge on any atom is -0.497 e. The van der Waals surface area contributed by atoms with Gasteiger partial charge < -0.3 is 19.3 Å². The van der Waals surface area contributed by atoms with Gasteiger partial charge in [-0.25, -0.2) is 0 Å². The molecule has 1 aliphatic carbocycles. The molecule has 0 unspecified atom stereocenters. The summed E-state index contributed by atoms with van der Waals surface area (Å²) in [6, 6.07) is 11.5. The number of benzene rings is 2. The molecule has 1 heterocycles. The Kier molecular flexibility index (Phi) is 3.37. The van der Waals surface area contributed by atoms with Gasteiger partial charge in [0.15, 0.2) is 0 Å². The summed E-state index contributed by atoms with van der Waals surface area (Å²) < 4.78 is 16.8. The zero-order valence-electron chi connectivity index (χ0n) is 13.5. The van der Waals surface area contributed by atoms with Gasteiger partial charge in [0.05, 0.1) is 7.11 Å². The zero-order valence-corrected chi connectivity index (χ0v) is 13.5. The molecule has 1 fully saturated rings. The van der Waals surface area contributed by atoms with E-state index in [1.54, 1.807) is 7.11 Å². The van der Waals surface area contributed by atoms with Gasteiger partial charge in [0, 0.05) is 17.5 Å². The summed E-state index contributed by atoms with van der Waals surface area (Å²) in [6.45, 7) is 2.48. The molecule has 1 saturated carbocycles. The van der Waals surface area contributed by atoms with E-state index in [0.29, 0.717) is 6.61 Å². The van der Waals surface area contributed by atoms with Gasteiger partial charge in [-0.1, -0.05) is 12.1 Å². The summed E-state index contributed by atoms with van der Waals surface area (Å²) in [4.78, 5) is 11.1. The number of aryl methyl sites for hydroxylation is 1. The molecule has 5 nitrogen and oxygen atoms in total. The van der Waals surface area contributed by atoms with Crippen LogP contribution in [0, 0.1) is 12.8 Å². The fourth-order valence-corrected chi connectivity index (χ4v) is 3.34. The number of methoxy groups -OCH3 is 1. The highest BCUT2D eigenvalue weighted by Crippen LogP contribution is 2.58. The van der Waals surface area contributed by atoms with Crippen molar-refractivity contribution in [2.24, 2.45) is 5.92 Å². The predicted molar refractivity (Wildman–Crippen MR) is 86.8 cm³/mol. The zero-order chi connectivity index (χ0) is 16.8. The highest BCUT2D eigenvalue weighted by atomic mass is 16.5. The molecule has 0 bridgehead atoms. The van der Waals surface area contributed by atoms with E-state index in [-0.39, 0.29) is 12.0 Å². The fraction of sp³-hybridized carbons (Fsp3) is 0.316. The maximum Gasteiger partial charge on any atom is 0.311 e. The summed E-state index contributed by atoms with van der Waals surface area (Å²) in [6.07, 6.45) is -0.211. The second-order valence-corrected chi connectivity index (χ2v) is 6.25. The second-order valence-electron chi connectivity index (χ2n) is 6.25. The Morgan fingerprint density at radius 3 is 2.71 bits per heavy atom. The molecular weight excluding hydrogens is 308 g/mol. The largest absolute Gasteiger partial charge is 0.497 e. The van der Waals surface area contributed by atoms with Crippen LogP contribution in [0.4, 0.5) is 0 Å². The number of fused-ring (bicyclic) bond motifs is 3. The Morgan fingerprint density at radius 1 is 1.21 bits per heavy atom. The van der Waals surface area contributed by atoms with Crippen LogP contribution in [0.1, 0.15) is 22.6 Å². The lowest BCUT2D eigenvalue weighted by molar-refractivity contribution is -0.139. The number of carboxylic acid groups (broad SMARTS) is 1. The first-order valence-corrected chi connectivity index (χ1v) is 7.88. The monoisotopic (exact) mass is 326 g/mol. The standard InChI is InChI=1S/C19H18O5/c1-10-7-12(22-2)4-3-11(10)9-23-13-5-6-14-15(8-13)24-18-16(14)17(18)19(20)21/h3-8,16-18H,9H2,1-2H3,(H,20,21)/t16-,17-,18-/m1/s1. The van der Waals surface area contributed by atoms with Gasteiger partial charge in [-0.05, 0) is 36.2 Å². The van der Waals surface area contributed by atoms with Gasteiger partial charge in [-0.2, -0.15) is 0 Å². The van der Waals surface area contributed by atoms with Crippen molar-refractivity contribution >= 4 is 5.97 Å². The minimum atomic E-state index is -0.786. The van der Waals surface area contributed by atoms with Crippen LogP contribution < -0.4 is 14.2 Å². The van der Waals surface area contributed by atoms with Gasteiger partial charge >= 0.3 is 5.97 Å². The molecule has 2 aromatic carbocycles. The molecule has 3 atom stereocenters. The van der Waals surface area contributed by atoms with Crippen LogP contribution in [0.2, 0.25) is 0 Å². The van der Waals surface area contributed by atoms with Crippen LogP contribution in [0.3, 0.4) is 0 Å². The fourth-order valence-electron chi connectivity index (χ4n) is 3.34. The third-order valence-corrected chi connectivity index (χ3v) is 4.79. The molecule has 0 radical (unpaired) electrons. The van der Waals surface area contributed by atoms with Crippen molar-refractivity contribution in [1.82, 2.24) is 0 Å². The Hall–Kier alpha value is -2.69. The van der Waals surface area contributed by atoms with Crippen molar-refractivity contribution in [2.45, 2.75) is 25.6 Å². The molecule has 24 heavy (non-hydrogen) atoms. The lowest BCUT2D eigenvalue weighted by Gasteiger charge is -2.12. The normalized spacial score (nSPS) is 23.0. The molecule has 0 amide bonds. The van der Waals surface area contributed by atoms with E-state index < -0.39 is 11.9 Å². The summed E-state index contributed by atoms with van der Waals surface area (Å²) in [7, 11) is 1.65. The third kappa shape index (κ3) is 2.37. The Balaban J connectivity index is 1.45. The maximum absolute atomic E-state index is 11.1. The van der Waals surface area contributed by atoms with Crippen LogP contribution >= 0.6 is 0 Å². The van der Waals surface area contributed by atoms with Gasteiger partial charge in [0.2, 0.25) is 0 Å². The molecule has 5 heteroatoms. The molecule has 1 N–H and O–H groups in total. The van der Waals surface area contributed by atoms with E-state index in [0.717, 1.165) is 33.9 Å². The van der Waals surface area contributed by atoms with Crippen LogP contribution in [-0.2, 0) is 11.4 Å². The molecule has 4 rings (SSSR count). The van der Waals surface area contributed by atoms with Gasteiger partial charge in [0.25, 0.3) is 0 Å². The van der Waals surface area contributed by atoms with Crippen molar-refractivity contribution in [3.05, 3.63) is 53.1 Å². The number of ether oxygens (including phenoxy) is 3. The molecular formula is C19H18O5. The van der Waals surface area contributed by atoms with Crippen molar-refractivity contribution < 1.29 is 24.1 Å². The summed E-state index contributed by atoms with van der Waals surface area (Å²) in [5, 5.41) is 9.10. The SMILES string of the molecule is COc1ccc(COc2ccc3c(c2)O[C@H]2[C@H](C(=O)O)[C@@H]32)c(C)c1.